The molecule has 178 valence electrons. The monoisotopic (exact) mass is 448 g/mol. The molecule has 0 spiro atoms. The molecule has 3 nitrogen and oxygen atoms in total. The van der Waals surface area contributed by atoms with E-state index >= 15 is 0 Å². The normalized spacial score (nSPS) is 11.9. The zero-order valence-corrected chi connectivity index (χ0v) is 21.3. The van der Waals surface area contributed by atoms with Crippen molar-refractivity contribution in [3.05, 3.63) is 70.8 Å². The highest BCUT2D eigenvalue weighted by Crippen LogP contribution is 2.23. The van der Waals surface area contributed by atoms with E-state index in [1.165, 1.54) is 5.56 Å². The van der Waals surface area contributed by atoms with Crippen molar-refractivity contribution in [1.29, 1.82) is 0 Å². The van der Waals surface area contributed by atoms with E-state index in [0.717, 1.165) is 37.7 Å². The summed E-state index contributed by atoms with van der Waals surface area (Å²) in [4.78, 5) is 37.2. The Hall–Kier alpha value is -2.55. The lowest BCUT2D eigenvalue weighted by atomic mass is 9.86. The molecule has 0 aliphatic rings. The van der Waals surface area contributed by atoms with E-state index in [1.54, 1.807) is 24.3 Å². The van der Waals surface area contributed by atoms with Crippen molar-refractivity contribution in [2.45, 2.75) is 86.5 Å². The van der Waals surface area contributed by atoms with Crippen LogP contribution in [0.15, 0.2) is 48.5 Å². The van der Waals surface area contributed by atoms with Crippen LogP contribution in [-0.2, 0) is 6.42 Å². The van der Waals surface area contributed by atoms with Crippen molar-refractivity contribution in [2.24, 2.45) is 10.8 Å². The van der Waals surface area contributed by atoms with Crippen molar-refractivity contribution in [1.82, 2.24) is 0 Å². The maximum atomic E-state index is 12.5. The van der Waals surface area contributed by atoms with Gasteiger partial charge in [-0.15, -0.1) is 0 Å². The van der Waals surface area contributed by atoms with Crippen LogP contribution in [0.4, 0.5) is 0 Å². The van der Waals surface area contributed by atoms with Crippen LogP contribution in [0, 0.1) is 10.8 Å². The van der Waals surface area contributed by atoms with Crippen LogP contribution >= 0.6 is 0 Å². The second-order valence-corrected chi connectivity index (χ2v) is 11.3. The van der Waals surface area contributed by atoms with E-state index in [1.807, 2.05) is 45.0 Å². The molecule has 2 aromatic rings. The maximum Gasteiger partial charge on any atom is 0.168 e. The lowest BCUT2D eigenvalue weighted by Crippen LogP contribution is -2.20. The van der Waals surface area contributed by atoms with Gasteiger partial charge in [-0.3, -0.25) is 14.4 Å². The Morgan fingerprint density at radius 2 is 1.06 bits per heavy atom. The molecule has 0 heterocycles. The Bertz CT molecular complexity index is 936. The van der Waals surface area contributed by atoms with Gasteiger partial charge in [0.05, 0.1) is 0 Å². The quantitative estimate of drug-likeness (QED) is 0.259. The fourth-order valence-corrected chi connectivity index (χ4v) is 3.78. The number of hydrogen-bond acceptors (Lipinski definition) is 3. The molecule has 33 heavy (non-hydrogen) atoms. The van der Waals surface area contributed by atoms with Gasteiger partial charge < -0.3 is 0 Å². The first-order chi connectivity index (χ1) is 15.4. The molecule has 0 bridgehead atoms. The number of carbonyl (C=O) groups excluding carboxylic acids is 3. The van der Waals surface area contributed by atoms with Crippen molar-refractivity contribution < 1.29 is 14.4 Å². The minimum atomic E-state index is -0.375. The summed E-state index contributed by atoms with van der Waals surface area (Å²) < 4.78 is 0. The molecule has 2 rings (SSSR count). The second-order valence-electron chi connectivity index (χ2n) is 11.3. The van der Waals surface area contributed by atoms with Gasteiger partial charge in [-0.25, -0.2) is 0 Å². The molecule has 0 N–H and O–H groups in total. The summed E-state index contributed by atoms with van der Waals surface area (Å²) in [7, 11) is 0. The van der Waals surface area contributed by atoms with E-state index in [9.17, 15) is 14.4 Å². The Morgan fingerprint density at radius 3 is 1.52 bits per heavy atom. The van der Waals surface area contributed by atoms with Gasteiger partial charge >= 0.3 is 0 Å². The summed E-state index contributed by atoms with van der Waals surface area (Å²) in [5.41, 5.74) is 3.16. The van der Waals surface area contributed by atoms with Gasteiger partial charge in [0.15, 0.2) is 17.3 Å². The highest BCUT2D eigenvalue weighted by atomic mass is 16.1. The standard InChI is InChI=1S/C30H40O3/c1-29(2,3)21-9-12-27(32)24-19-17-23(18-20-24)26(31)11-8-7-10-22-13-15-25(16-14-22)28(33)30(4,5)6/h13-20H,7-12,21H2,1-6H3. The van der Waals surface area contributed by atoms with E-state index in [2.05, 4.69) is 20.8 Å². The number of benzene rings is 2. The number of rotatable bonds is 11. The smallest absolute Gasteiger partial charge is 0.168 e. The molecular weight excluding hydrogens is 408 g/mol. The minimum Gasteiger partial charge on any atom is -0.294 e. The summed E-state index contributed by atoms with van der Waals surface area (Å²) in [6.45, 7) is 12.3. The van der Waals surface area contributed by atoms with Gasteiger partial charge in [-0.1, -0.05) is 90.1 Å². The third-order valence-electron chi connectivity index (χ3n) is 5.88. The van der Waals surface area contributed by atoms with Crippen molar-refractivity contribution in [2.75, 3.05) is 0 Å². The molecule has 0 atom stereocenters. The molecule has 0 fully saturated rings. The predicted octanol–water partition coefficient (Wildman–Crippen LogP) is 7.91. The highest BCUT2D eigenvalue weighted by Gasteiger charge is 2.22. The van der Waals surface area contributed by atoms with Crippen molar-refractivity contribution in [3.63, 3.8) is 0 Å². The molecule has 0 saturated heterocycles. The number of aryl methyl sites for hydroxylation is 1. The van der Waals surface area contributed by atoms with Crippen LogP contribution < -0.4 is 0 Å². The molecule has 0 aromatic heterocycles. The van der Waals surface area contributed by atoms with Crippen LogP contribution in [0.25, 0.3) is 0 Å². The molecule has 3 heteroatoms. The molecule has 0 aliphatic carbocycles. The van der Waals surface area contributed by atoms with Gasteiger partial charge in [0.25, 0.3) is 0 Å². The molecule has 0 radical (unpaired) electrons. The predicted molar refractivity (Wildman–Crippen MR) is 136 cm³/mol. The first kappa shape index (κ1) is 26.7. The number of carbonyl (C=O) groups is 3. The topological polar surface area (TPSA) is 51.2 Å². The lowest BCUT2D eigenvalue weighted by Gasteiger charge is -2.17. The van der Waals surface area contributed by atoms with Gasteiger partial charge in [0, 0.05) is 34.9 Å². The molecule has 0 saturated carbocycles. The summed E-state index contributed by atoms with van der Waals surface area (Å²) >= 11 is 0. The average Bonchev–Trinajstić information content (AvgIpc) is 2.75. The van der Waals surface area contributed by atoms with E-state index < -0.39 is 0 Å². The molecule has 0 amide bonds. The van der Waals surface area contributed by atoms with Gasteiger partial charge in [-0.05, 0) is 43.1 Å². The van der Waals surface area contributed by atoms with Crippen LogP contribution in [0.5, 0.6) is 0 Å². The molecule has 2 aromatic carbocycles. The lowest BCUT2D eigenvalue weighted by molar-refractivity contribution is 0.0857. The maximum absolute atomic E-state index is 12.5. The van der Waals surface area contributed by atoms with E-state index in [4.69, 9.17) is 0 Å². The van der Waals surface area contributed by atoms with Gasteiger partial charge in [0.1, 0.15) is 0 Å². The summed E-state index contributed by atoms with van der Waals surface area (Å²) in [6, 6.07) is 15.0. The third-order valence-corrected chi connectivity index (χ3v) is 5.88. The Labute approximate surface area is 200 Å². The number of ketones is 3. The second kappa shape index (κ2) is 11.5. The summed E-state index contributed by atoms with van der Waals surface area (Å²) in [5, 5.41) is 0. The summed E-state index contributed by atoms with van der Waals surface area (Å²) in [6.07, 6.45) is 5.58. The average molecular weight is 449 g/mol. The van der Waals surface area contributed by atoms with Crippen LogP contribution in [-0.4, -0.2) is 17.3 Å². The fourth-order valence-electron chi connectivity index (χ4n) is 3.78. The van der Waals surface area contributed by atoms with E-state index in [-0.39, 0.29) is 28.2 Å². The Kier molecular flexibility index (Phi) is 9.34. The van der Waals surface area contributed by atoms with E-state index in [0.29, 0.717) is 24.0 Å². The van der Waals surface area contributed by atoms with Crippen LogP contribution in [0.1, 0.15) is 117 Å². The first-order valence-electron chi connectivity index (χ1n) is 12.2. The Balaban J connectivity index is 1.76. The fraction of sp³-hybridized carbons (Fsp3) is 0.500. The SMILES string of the molecule is CC(C)(C)CCCC(=O)c1ccc(C(=O)CCCCc2ccc(C(=O)C(C)(C)C)cc2)cc1. The Morgan fingerprint density at radius 1 is 0.606 bits per heavy atom. The van der Waals surface area contributed by atoms with Gasteiger partial charge in [0.2, 0.25) is 0 Å². The van der Waals surface area contributed by atoms with Crippen molar-refractivity contribution >= 4 is 17.3 Å². The number of Topliss-reactive ketones (excluding diaryl/α,β-unsaturated/α-hetero) is 3. The minimum absolute atomic E-state index is 0.118. The molecule has 0 unspecified atom stereocenters. The summed E-state index contributed by atoms with van der Waals surface area (Å²) in [5.74, 6) is 0.415. The number of hydrogen-bond donors (Lipinski definition) is 0. The zero-order chi connectivity index (χ0) is 24.6. The molecular formula is C30H40O3. The molecule has 0 aliphatic heterocycles. The number of unbranched alkanes of at least 4 members (excludes halogenated alkanes) is 1. The highest BCUT2D eigenvalue weighted by molar-refractivity contribution is 6.00. The van der Waals surface area contributed by atoms with Crippen molar-refractivity contribution in [3.8, 4) is 0 Å². The van der Waals surface area contributed by atoms with Crippen LogP contribution in [0.2, 0.25) is 0 Å². The third kappa shape index (κ3) is 9.07. The zero-order valence-electron chi connectivity index (χ0n) is 21.3. The largest absolute Gasteiger partial charge is 0.294 e. The first-order valence-corrected chi connectivity index (χ1v) is 12.2. The van der Waals surface area contributed by atoms with Crippen LogP contribution in [0.3, 0.4) is 0 Å². The van der Waals surface area contributed by atoms with Gasteiger partial charge in [-0.2, -0.15) is 0 Å².